The summed E-state index contributed by atoms with van der Waals surface area (Å²) in [5.74, 6) is -1.99. The van der Waals surface area contributed by atoms with E-state index >= 15 is 0 Å². The van der Waals surface area contributed by atoms with E-state index in [2.05, 4.69) is 9.84 Å². The van der Waals surface area contributed by atoms with Gasteiger partial charge in [0.05, 0.1) is 24.2 Å². The van der Waals surface area contributed by atoms with E-state index in [1.54, 1.807) is 0 Å². The number of carboxylic acids is 1. The minimum absolute atomic E-state index is 0.0537. The zero-order valence-electron chi connectivity index (χ0n) is 14.1. The molecule has 3 aromatic rings. The van der Waals surface area contributed by atoms with E-state index in [0.29, 0.717) is 22.2 Å². The summed E-state index contributed by atoms with van der Waals surface area (Å²) in [4.78, 5) is 10.9. The normalized spacial score (nSPS) is 11.8. The lowest BCUT2D eigenvalue weighted by Gasteiger charge is -2.10. The van der Waals surface area contributed by atoms with Crippen molar-refractivity contribution in [3.05, 3.63) is 58.5 Å². The van der Waals surface area contributed by atoms with Crippen LogP contribution >= 0.6 is 11.6 Å². The number of ether oxygens (including phenoxy) is 1. The molecular formula is C18H13ClF4N2O3. The number of hydrogen-bond donors (Lipinski definition) is 1. The highest BCUT2D eigenvalue weighted by Crippen LogP contribution is 2.29. The van der Waals surface area contributed by atoms with Gasteiger partial charge in [-0.05, 0) is 29.8 Å². The molecule has 0 unspecified atom stereocenters. The number of aliphatic carboxylic acids is 1. The predicted molar refractivity (Wildman–Crippen MR) is 92.9 cm³/mol. The summed E-state index contributed by atoms with van der Waals surface area (Å²) in [6, 6.07) is 7.46. The smallest absolute Gasteiger partial charge is 0.481 e. The van der Waals surface area contributed by atoms with Crippen molar-refractivity contribution in [2.45, 2.75) is 25.7 Å². The number of alkyl halides is 3. The maximum absolute atomic E-state index is 13.2. The molecule has 148 valence electrons. The molecule has 0 amide bonds. The van der Waals surface area contributed by atoms with Crippen LogP contribution in [0.5, 0.6) is 5.75 Å². The second-order valence-electron chi connectivity index (χ2n) is 5.96. The summed E-state index contributed by atoms with van der Waals surface area (Å²) in [5, 5.41) is 13.8. The summed E-state index contributed by atoms with van der Waals surface area (Å²) in [5.41, 5.74) is 1.22. The highest BCUT2D eigenvalue weighted by Gasteiger charge is 2.31. The third-order valence-corrected chi connectivity index (χ3v) is 4.30. The molecular weight excluding hydrogens is 404 g/mol. The van der Waals surface area contributed by atoms with Crippen molar-refractivity contribution in [2.24, 2.45) is 0 Å². The van der Waals surface area contributed by atoms with E-state index < -0.39 is 23.9 Å². The molecule has 0 saturated carbocycles. The molecule has 1 heterocycles. The van der Waals surface area contributed by atoms with Crippen molar-refractivity contribution in [3.63, 3.8) is 0 Å². The van der Waals surface area contributed by atoms with Crippen LogP contribution in [0.2, 0.25) is 5.02 Å². The van der Waals surface area contributed by atoms with Gasteiger partial charge in [-0.25, -0.2) is 4.39 Å². The van der Waals surface area contributed by atoms with Crippen molar-refractivity contribution in [1.29, 1.82) is 0 Å². The Morgan fingerprint density at radius 2 is 1.96 bits per heavy atom. The molecule has 0 bridgehead atoms. The fourth-order valence-corrected chi connectivity index (χ4v) is 2.99. The lowest BCUT2D eigenvalue weighted by molar-refractivity contribution is -0.274. The first kappa shape index (κ1) is 19.9. The van der Waals surface area contributed by atoms with Gasteiger partial charge in [-0.3, -0.25) is 9.48 Å². The molecule has 28 heavy (non-hydrogen) atoms. The number of halogens is 5. The van der Waals surface area contributed by atoms with Crippen molar-refractivity contribution in [2.75, 3.05) is 0 Å². The van der Waals surface area contributed by atoms with E-state index in [9.17, 15) is 22.4 Å². The Bertz CT molecular complexity index is 1030. The van der Waals surface area contributed by atoms with Crippen LogP contribution in [0.15, 0.2) is 36.4 Å². The molecule has 0 aliphatic carbocycles. The summed E-state index contributed by atoms with van der Waals surface area (Å²) >= 11 is 6.03. The monoisotopic (exact) mass is 416 g/mol. The average molecular weight is 417 g/mol. The highest BCUT2D eigenvalue weighted by atomic mass is 35.5. The van der Waals surface area contributed by atoms with E-state index in [-0.39, 0.29) is 24.4 Å². The van der Waals surface area contributed by atoms with Crippen LogP contribution in [0.1, 0.15) is 17.7 Å². The van der Waals surface area contributed by atoms with Crippen LogP contribution in [-0.4, -0.2) is 27.2 Å². The molecule has 1 aromatic heterocycles. The highest BCUT2D eigenvalue weighted by molar-refractivity contribution is 6.31. The van der Waals surface area contributed by atoms with Gasteiger partial charge < -0.3 is 9.84 Å². The topological polar surface area (TPSA) is 64.3 Å². The number of carboxylic acid groups (broad SMARTS) is 1. The third-order valence-electron chi connectivity index (χ3n) is 3.94. The second-order valence-corrected chi connectivity index (χ2v) is 6.37. The van der Waals surface area contributed by atoms with Gasteiger partial charge in [0.1, 0.15) is 11.6 Å². The summed E-state index contributed by atoms with van der Waals surface area (Å²) in [7, 11) is 0. The van der Waals surface area contributed by atoms with Gasteiger partial charge >= 0.3 is 12.3 Å². The Balaban J connectivity index is 2.04. The first-order valence-electron chi connectivity index (χ1n) is 8.03. The number of fused-ring (bicyclic) bond motifs is 1. The first-order valence-corrected chi connectivity index (χ1v) is 8.41. The summed E-state index contributed by atoms with van der Waals surface area (Å²) < 4.78 is 56.2. The van der Waals surface area contributed by atoms with Crippen LogP contribution in [0.4, 0.5) is 17.6 Å². The maximum Gasteiger partial charge on any atom is 0.573 e. The SMILES string of the molecule is O=C(O)CCc1nn(Cc2ccc(F)cc2Cl)c2cc(OC(F)(F)F)ccc12. The van der Waals surface area contributed by atoms with E-state index in [1.165, 1.54) is 22.9 Å². The molecule has 0 aliphatic heterocycles. The Morgan fingerprint density at radius 3 is 2.61 bits per heavy atom. The van der Waals surface area contributed by atoms with Crippen LogP contribution in [0.3, 0.4) is 0 Å². The molecule has 5 nitrogen and oxygen atoms in total. The van der Waals surface area contributed by atoms with E-state index in [1.807, 2.05) is 0 Å². The molecule has 1 N–H and O–H groups in total. The van der Waals surface area contributed by atoms with Gasteiger partial charge in [0.2, 0.25) is 0 Å². The molecule has 0 radical (unpaired) electrons. The predicted octanol–water partition coefficient (Wildman–Crippen LogP) is 4.79. The standard InChI is InChI=1S/C18H13ClF4N2O3/c19-14-7-11(20)2-1-10(14)9-25-16-8-12(28-18(21,22)23)3-4-13(16)15(24-25)5-6-17(26)27/h1-4,7-8H,5-6,9H2,(H,26,27). The Hall–Kier alpha value is -2.81. The summed E-state index contributed by atoms with van der Waals surface area (Å²) in [6.07, 6.45) is -4.95. The molecule has 0 fully saturated rings. The maximum atomic E-state index is 13.2. The number of carbonyl (C=O) groups is 1. The minimum atomic E-state index is -4.86. The lowest BCUT2D eigenvalue weighted by Crippen LogP contribution is -2.17. The molecule has 0 spiro atoms. The molecule has 10 heteroatoms. The minimum Gasteiger partial charge on any atom is -0.481 e. The van der Waals surface area contributed by atoms with E-state index in [0.717, 1.165) is 18.2 Å². The number of nitrogens with zero attached hydrogens (tertiary/aromatic N) is 2. The van der Waals surface area contributed by atoms with Crippen LogP contribution < -0.4 is 4.74 Å². The number of benzene rings is 2. The number of rotatable bonds is 6. The van der Waals surface area contributed by atoms with Crippen molar-refractivity contribution >= 4 is 28.5 Å². The number of aromatic nitrogens is 2. The van der Waals surface area contributed by atoms with Gasteiger partial charge in [-0.15, -0.1) is 13.2 Å². The van der Waals surface area contributed by atoms with E-state index in [4.69, 9.17) is 16.7 Å². The molecule has 0 atom stereocenters. The van der Waals surface area contributed by atoms with Gasteiger partial charge in [-0.1, -0.05) is 17.7 Å². The number of hydrogen-bond acceptors (Lipinski definition) is 3. The van der Waals surface area contributed by atoms with Gasteiger partial charge in [-0.2, -0.15) is 5.10 Å². The van der Waals surface area contributed by atoms with Gasteiger partial charge in [0, 0.05) is 22.9 Å². The molecule has 0 saturated heterocycles. The quantitative estimate of drug-likeness (QED) is 0.587. The largest absolute Gasteiger partial charge is 0.573 e. The van der Waals surface area contributed by atoms with Crippen molar-refractivity contribution in [1.82, 2.24) is 9.78 Å². The van der Waals surface area contributed by atoms with Crippen molar-refractivity contribution < 1.29 is 32.2 Å². The van der Waals surface area contributed by atoms with Crippen LogP contribution in [0, 0.1) is 5.82 Å². The zero-order chi connectivity index (χ0) is 20.5. The fourth-order valence-electron chi connectivity index (χ4n) is 2.76. The van der Waals surface area contributed by atoms with Gasteiger partial charge in [0.25, 0.3) is 0 Å². The fraction of sp³-hybridized carbons (Fsp3) is 0.222. The Kier molecular flexibility index (Phi) is 5.46. The summed E-state index contributed by atoms with van der Waals surface area (Å²) in [6.45, 7) is 0.0537. The average Bonchev–Trinajstić information content (AvgIpc) is 2.91. The third kappa shape index (κ3) is 4.72. The molecule has 0 aliphatic rings. The Labute approximate surface area is 161 Å². The lowest BCUT2D eigenvalue weighted by atomic mass is 10.1. The van der Waals surface area contributed by atoms with Crippen LogP contribution in [0.25, 0.3) is 10.9 Å². The molecule has 3 rings (SSSR count). The second kappa shape index (κ2) is 7.67. The van der Waals surface area contributed by atoms with Crippen molar-refractivity contribution in [3.8, 4) is 5.75 Å². The van der Waals surface area contributed by atoms with Crippen LogP contribution in [-0.2, 0) is 17.8 Å². The number of aryl methyl sites for hydroxylation is 1. The first-order chi connectivity index (χ1) is 13.1. The zero-order valence-corrected chi connectivity index (χ0v) is 14.9. The van der Waals surface area contributed by atoms with Gasteiger partial charge in [0.15, 0.2) is 0 Å². The Morgan fingerprint density at radius 1 is 1.21 bits per heavy atom. The molecule has 2 aromatic carbocycles.